The number of rotatable bonds is 7. The van der Waals surface area contributed by atoms with Crippen LogP contribution in [0.2, 0.25) is 0 Å². The molecule has 118 valence electrons. The molecule has 1 heterocycles. The topological polar surface area (TPSA) is 136 Å². The van der Waals surface area contributed by atoms with Gasteiger partial charge in [-0.3, -0.25) is 4.79 Å². The Morgan fingerprint density at radius 2 is 2.00 bits per heavy atom. The summed E-state index contributed by atoms with van der Waals surface area (Å²) in [4.78, 5) is 21.4. The number of carboxylic acids is 2. The number of aromatic nitrogens is 1. The van der Waals surface area contributed by atoms with Gasteiger partial charge >= 0.3 is 11.9 Å². The van der Waals surface area contributed by atoms with Crippen LogP contribution in [0.25, 0.3) is 0 Å². The molecule has 0 radical (unpaired) electrons. The van der Waals surface area contributed by atoms with Crippen molar-refractivity contribution in [2.75, 3.05) is 6.61 Å². The van der Waals surface area contributed by atoms with Gasteiger partial charge in [0.05, 0.1) is 5.56 Å². The van der Waals surface area contributed by atoms with Crippen molar-refractivity contribution >= 4 is 11.9 Å². The fourth-order valence-electron chi connectivity index (χ4n) is 1.70. The van der Waals surface area contributed by atoms with Crippen LogP contribution in [0, 0.1) is 5.41 Å². The SMILES string of the molecule is CC(C)(C)Cc1onc(OCC(=O)O)c1C[C@@H](N)C(=O)O. The highest BCUT2D eigenvalue weighted by Gasteiger charge is 2.26. The molecule has 1 rings (SSSR count). The van der Waals surface area contributed by atoms with Gasteiger partial charge in [-0.05, 0) is 10.6 Å². The van der Waals surface area contributed by atoms with E-state index in [1.807, 2.05) is 20.8 Å². The van der Waals surface area contributed by atoms with Crippen LogP contribution >= 0.6 is 0 Å². The predicted octanol–water partition coefficient (Wildman–Crippen LogP) is 0.681. The van der Waals surface area contributed by atoms with Crippen LogP contribution in [-0.4, -0.2) is 40.0 Å². The minimum absolute atomic E-state index is 0.0200. The quantitative estimate of drug-likeness (QED) is 0.668. The first-order chi connectivity index (χ1) is 9.60. The number of nitrogens with zero attached hydrogens (tertiary/aromatic N) is 1. The molecule has 0 aliphatic carbocycles. The predicted molar refractivity (Wildman–Crippen MR) is 72.1 cm³/mol. The van der Waals surface area contributed by atoms with Gasteiger partial charge in [-0.25, -0.2) is 4.79 Å². The van der Waals surface area contributed by atoms with E-state index in [4.69, 9.17) is 25.2 Å². The van der Waals surface area contributed by atoms with Crippen LogP contribution in [0.5, 0.6) is 5.88 Å². The first kappa shape index (κ1) is 17.0. The number of hydrogen-bond acceptors (Lipinski definition) is 6. The van der Waals surface area contributed by atoms with Gasteiger partial charge in [-0.15, -0.1) is 0 Å². The number of ether oxygens (including phenoxy) is 1. The summed E-state index contributed by atoms with van der Waals surface area (Å²) in [6.07, 6.45) is 0.456. The van der Waals surface area contributed by atoms with Gasteiger partial charge in [0.2, 0.25) is 0 Å². The van der Waals surface area contributed by atoms with Crippen molar-refractivity contribution in [1.82, 2.24) is 5.16 Å². The van der Waals surface area contributed by atoms with Crippen molar-refractivity contribution in [1.29, 1.82) is 0 Å². The normalized spacial score (nSPS) is 13.0. The Hall–Kier alpha value is -2.09. The van der Waals surface area contributed by atoms with Crippen molar-refractivity contribution in [2.24, 2.45) is 11.1 Å². The zero-order chi connectivity index (χ0) is 16.2. The molecule has 0 fully saturated rings. The lowest BCUT2D eigenvalue weighted by Crippen LogP contribution is -2.32. The van der Waals surface area contributed by atoms with Crippen molar-refractivity contribution in [3.05, 3.63) is 11.3 Å². The maximum Gasteiger partial charge on any atom is 0.341 e. The third kappa shape index (κ3) is 5.42. The fraction of sp³-hybridized carbons (Fsp3) is 0.615. The number of hydrogen-bond donors (Lipinski definition) is 3. The van der Waals surface area contributed by atoms with E-state index in [2.05, 4.69) is 5.16 Å². The summed E-state index contributed by atoms with van der Waals surface area (Å²) >= 11 is 0. The molecule has 1 aromatic rings. The summed E-state index contributed by atoms with van der Waals surface area (Å²) in [7, 11) is 0. The van der Waals surface area contributed by atoms with E-state index in [-0.39, 0.29) is 17.7 Å². The average molecular weight is 300 g/mol. The molecule has 1 atom stereocenters. The largest absolute Gasteiger partial charge is 0.480 e. The molecule has 8 heteroatoms. The molecule has 4 N–H and O–H groups in total. The second kappa shape index (κ2) is 6.57. The summed E-state index contributed by atoms with van der Waals surface area (Å²) in [6.45, 7) is 5.35. The molecule has 0 bridgehead atoms. The molecule has 21 heavy (non-hydrogen) atoms. The highest BCUT2D eigenvalue weighted by atomic mass is 16.5. The summed E-state index contributed by atoms with van der Waals surface area (Å²) < 4.78 is 10.2. The monoisotopic (exact) mass is 300 g/mol. The zero-order valence-electron chi connectivity index (χ0n) is 12.3. The van der Waals surface area contributed by atoms with Crippen LogP contribution in [0.4, 0.5) is 0 Å². The Morgan fingerprint density at radius 1 is 1.38 bits per heavy atom. The zero-order valence-corrected chi connectivity index (χ0v) is 12.3. The summed E-state index contributed by atoms with van der Waals surface area (Å²) in [5, 5.41) is 21.2. The van der Waals surface area contributed by atoms with Crippen molar-refractivity contribution in [3.63, 3.8) is 0 Å². The smallest absolute Gasteiger partial charge is 0.341 e. The van der Waals surface area contributed by atoms with Gasteiger partial charge in [0.25, 0.3) is 5.88 Å². The maximum absolute atomic E-state index is 10.9. The van der Waals surface area contributed by atoms with E-state index >= 15 is 0 Å². The Morgan fingerprint density at radius 3 is 2.48 bits per heavy atom. The first-order valence-electron chi connectivity index (χ1n) is 6.40. The standard InChI is InChI=1S/C13H20N2O6/c1-13(2,3)5-9-7(4-8(14)12(18)19)11(15-21-9)20-6-10(16)17/h8H,4-6,14H2,1-3H3,(H,16,17)(H,18,19)/t8-/m1/s1. The van der Waals surface area contributed by atoms with E-state index < -0.39 is 24.6 Å². The van der Waals surface area contributed by atoms with Crippen molar-refractivity contribution in [3.8, 4) is 5.88 Å². The molecule has 0 saturated heterocycles. The molecule has 0 amide bonds. The van der Waals surface area contributed by atoms with Crippen LogP contribution in [0.15, 0.2) is 4.52 Å². The van der Waals surface area contributed by atoms with Crippen molar-refractivity contribution < 1.29 is 29.1 Å². The number of aliphatic carboxylic acids is 2. The van der Waals surface area contributed by atoms with E-state index in [0.29, 0.717) is 17.7 Å². The number of nitrogens with two attached hydrogens (primary N) is 1. The highest BCUT2D eigenvalue weighted by Crippen LogP contribution is 2.29. The van der Waals surface area contributed by atoms with Crippen LogP contribution in [-0.2, 0) is 22.4 Å². The fourth-order valence-corrected chi connectivity index (χ4v) is 1.70. The molecule has 0 saturated carbocycles. The third-order valence-corrected chi connectivity index (χ3v) is 2.60. The van der Waals surface area contributed by atoms with E-state index in [1.165, 1.54) is 0 Å². The Labute approximate surface area is 121 Å². The average Bonchev–Trinajstić information content (AvgIpc) is 2.67. The lowest BCUT2D eigenvalue weighted by atomic mass is 9.89. The van der Waals surface area contributed by atoms with E-state index in [0.717, 1.165) is 0 Å². The molecule has 0 unspecified atom stereocenters. The number of carbonyl (C=O) groups is 2. The molecule has 0 aliphatic rings. The van der Waals surface area contributed by atoms with Gasteiger partial charge < -0.3 is 25.2 Å². The van der Waals surface area contributed by atoms with Gasteiger partial charge in [-0.1, -0.05) is 20.8 Å². The molecule has 1 aromatic heterocycles. The van der Waals surface area contributed by atoms with Gasteiger partial charge in [0.1, 0.15) is 11.8 Å². The lowest BCUT2D eigenvalue weighted by Gasteiger charge is -2.17. The highest BCUT2D eigenvalue weighted by molar-refractivity contribution is 5.73. The van der Waals surface area contributed by atoms with Crippen molar-refractivity contribution in [2.45, 2.75) is 39.7 Å². The van der Waals surface area contributed by atoms with Crippen LogP contribution < -0.4 is 10.5 Å². The summed E-state index contributed by atoms with van der Waals surface area (Å²) in [6, 6.07) is -1.14. The molecular formula is C13H20N2O6. The van der Waals surface area contributed by atoms with Gasteiger partial charge in [0.15, 0.2) is 6.61 Å². The first-order valence-corrected chi connectivity index (χ1v) is 6.40. The second-order valence-corrected chi connectivity index (χ2v) is 5.96. The molecule has 0 spiro atoms. The molecular weight excluding hydrogens is 280 g/mol. The van der Waals surface area contributed by atoms with E-state index in [1.54, 1.807) is 0 Å². The van der Waals surface area contributed by atoms with Crippen LogP contribution in [0.3, 0.4) is 0 Å². The Bertz CT molecular complexity index is 517. The minimum atomic E-state index is -1.16. The summed E-state index contributed by atoms with van der Waals surface area (Å²) in [5.41, 5.74) is 5.81. The van der Waals surface area contributed by atoms with E-state index in [9.17, 15) is 9.59 Å². The Kier molecular flexibility index (Phi) is 5.31. The molecule has 8 nitrogen and oxygen atoms in total. The Balaban J connectivity index is 3.02. The summed E-state index contributed by atoms with van der Waals surface area (Å²) in [5.74, 6) is -1.89. The van der Waals surface area contributed by atoms with Crippen LogP contribution in [0.1, 0.15) is 32.1 Å². The molecule has 0 aliphatic heterocycles. The van der Waals surface area contributed by atoms with Gasteiger partial charge in [0, 0.05) is 12.8 Å². The minimum Gasteiger partial charge on any atom is -0.480 e. The maximum atomic E-state index is 10.9. The second-order valence-electron chi connectivity index (χ2n) is 5.96. The molecule has 0 aromatic carbocycles. The number of carboxylic acid groups (broad SMARTS) is 2. The lowest BCUT2D eigenvalue weighted by molar-refractivity contribution is -0.140. The third-order valence-electron chi connectivity index (χ3n) is 2.60. The van der Waals surface area contributed by atoms with Gasteiger partial charge in [-0.2, -0.15) is 0 Å².